The molecule has 0 radical (unpaired) electrons. The molecule has 2 rings (SSSR count). The van der Waals surface area contributed by atoms with Crippen LogP contribution < -0.4 is 0 Å². The quantitative estimate of drug-likeness (QED) is 0.713. The lowest BCUT2D eigenvalue weighted by Gasteiger charge is -2.17. The third-order valence-corrected chi connectivity index (χ3v) is 4.36. The van der Waals surface area contributed by atoms with Crippen LogP contribution in [0, 0.1) is 6.92 Å². The summed E-state index contributed by atoms with van der Waals surface area (Å²) in [5.41, 5.74) is 2.11. The van der Waals surface area contributed by atoms with Crippen molar-refractivity contribution >= 4 is 23.0 Å². The summed E-state index contributed by atoms with van der Waals surface area (Å²) in [4.78, 5) is 22.2. The number of amides is 1. The molecule has 1 amide bonds. The Kier molecular flexibility index (Phi) is 7.35. The van der Waals surface area contributed by atoms with Crippen LogP contribution in [0.2, 0.25) is 0 Å². The molecule has 0 aromatic carbocycles. The smallest absolute Gasteiger partial charge is 0.436 e. The van der Waals surface area contributed by atoms with Gasteiger partial charge in [0.2, 0.25) is 0 Å². The summed E-state index contributed by atoms with van der Waals surface area (Å²) in [7, 11) is 1.66. The van der Waals surface area contributed by atoms with E-state index in [4.69, 9.17) is 9.47 Å². The first-order valence-corrected chi connectivity index (χ1v) is 8.71. The van der Waals surface area contributed by atoms with Crippen LogP contribution in [0.1, 0.15) is 24.1 Å². The first-order valence-electron chi connectivity index (χ1n) is 7.72. The zero-order valence-electron chi connectivity index (χ0n) is 13.7. The molecule has 0 unspecified atom stereocenters. The number of hydrogen-bond acceptors (Lipinski definition) is 5. The van der Waals surface area contributed by atoms with Gasteiger partial charge in [-0.1, -0.05) is 17.8 Å². The number of aryl methyl sites for hydroxylation is 1. The van der Waals surface area contributed by atoms with Gasteiger partial charge in [0, 0.05) is 44.4 Å². The average molecular weight is 337 g/mol. The molecule has 0 aliphatic carbocycles. The summed E-state index contributed by atoms with van der Waals surface area (Å²) < 4.78 is 10.1. The number of thioether (sulfide) groups is 1. The van der Waals surface area contributed by atoms with Crippen molar-refractivity contribution in [3.8, 4) is 0 Å². The monoisotopic (exact) mass is 337 g/mol. The number of aliphatic imine (C=N–C) groups is 1. The number of ether oxygens (including phenoxy) is 2. The Morgan fingerprint density at radius 1 is 1.39 bits per heavy atom. The number of pyridine rings is 1. The number of carbonyl (C=O) groups is 1. The molecule has 1 aromatic rings. The van der Waals surface area contributed by atoms with Gasteiger partial charge < -0.3 is 14.4 Å². The molecule has 0 spiro atoms. The van der Waals surface area contributed by atoms with E-state index < -0.39 is 6.09 Å². The van der Waals surface area contributed by atoms with Gasteiger partial charge in [-0.15, -0.1) is 0 Å². The SMILES string of the molecule is COCCCCOC(=O)/N=C1\SCCN1Cc1ccc(C)nc1. The highest BCUT2D eigenvalue weighted by Crippen LogP contribution is 2.20. The number of carbonyl (C=O) groups excluding carboxylic acids is 1. The molecule has 0 N–H and O–H groups in total. The number of aromatic nitrogens is 1. The maximum absolute atomic E-state index is 11.8. The second kappa shape index (κ2) is 9.52. The third-order valence-electron chi connectivity index (χ3n) is 3.36. The molecule has 0 saturated carbocycles. The Morgan fingerprint density at radius 2 is 2.22 bits per heavy atom. The van der Waals surface area contributed by atoms with Gasteiger partial charge in [0.1, 0.15) is 0 Å². The van der Waals surface area contributed by atoms with E-state index in [0.717, 1.165) is 41.6 Å². The maximum atomic E-state index is 11.8. The van der Waals surface area contributed by atoms with Crippen LogP contribution in [0.4, 0.5) is 4.79 Å². The summed E-state index contributed by atoms with van der Waals surface area (Å²) in [5.74, 6) is 0.930. The third kappa shape index (κ3) is 6.19. The normalized spacial score (nSPS) is 16.1. The molecular weight excluding hydrogens is 314 g/mol. The molecule has 7 heteroatoms. The van der Waals surface area contributed by atoms with Gasteiger partial charge in [-0.25, -0.2) is 4.79 Å². The van der Waals surface area contributed by atoms with Gasteiger partial charge in [0.25, 0.3) is 0 Å². The first kappa shape index (κ1) is 17.7. The van der Waals surface area contributed by atoms with Crippen molar-refractivity contribution in [1.82, 2.24) is 9.88 Å². The number of hydrogen-bond donors (Lipinski definition) is 0. The zero-order chi connectivity index (χ0) is 16.5. The van der Waals surface area contributed by atoms with Crippen molar-refractivity contribution < 1.29 is 14.3 Å². The fourth-order valence-electron chi connectivity index (χ4n) is 2.11. The van der Waals surface area contributed by atoms with E-state index in [1.807, 2.05) is 19.2 Å². The number of nitrogens with zero attached hydrogens (tertiary/aromatic N) is 3. The van der Waals surface area contributed by atoms with E-state index >= 15 is 0 Å². The minimum atomic E-state index is -0.515. The van der Waals surface area contributed by atoms with Gasteiger partial charge in [0.15, 0.2) is 5.17 Å². The van der Waals surface area contributed by atoms with E-state index in [2.05, 4.69) is 20.9 Å². The Labute approximate surface area is 141 Å². The van der Waals surface area contributed by atoms with E-state index in [9.17, 15) is 4.79 Å². The topological polar surface area (TPSA) is 64.0 Å². The Morgan fingerprint density at radius 3 is 2.96 bits per heavy atom. The second-order valence-corrected chi connectivity index (χ2v) is 6.35. The van der Waals surface area contributed by atoms with Crippen molar-refractivity contribution in [1.29, 1.82) is 0 Å². The Hall–Kier alpha value is -1.60. The lowest BCUT2D eigenvalue weighted by Crippen LogP contribution is -2.25. The number of rotatable bonds is 7. The number of amidine groups is 1. The number of unbranched alkanes of at least 4 members (excludes halogenated alkanes) is 1. The highest BCUT2D eigenvalue weighted by atomic mass is 32.2. The lowest BCUT2D eigenvalue weighted by atomic mass is 10.2. The molecule has 1 aromatic heterocycles. The van der Waals surface area contributed by atoms with Crippen molar-refractivity contribution in [2.75, 3.05) is 32.6 Å². The highest BCUT2D eigenvalue weighted by molar-refractivity contribution is 8.14. The highest BCUT2D eigenvalue weighted by Gasteiger charge is 2.21. The minimum absolute atomic E-state index is 0.380. The predicted octanol–water partition coefficient (Wildman–Crippen LogP) is 2.86. The first-order chi connectivity index (χ1) is 11.2. The predicted molar refractivity (Wildman–Crippen MR) is 91.7 cm³/mol. The molecule has 1 aliphatic rings. The largest absolute Gasteiger partial charge is 0.448 e. The fourth-order valence-corrected chi connectivity index (χ4v) is 3.09. The Balaban J connectivity index is 1.82. The summed E-state index contributed by atoms with van der Waals surface area (Å²) in [5, 5.41) is 0.729. The van der Waals surface area contributed by atoms with Crippen molar-refractivity contribution in [3.63, 3.8) is 0 Å². The van der Waals surface area contributed by atoms with Crippen LogP contribution in [0.15, 0.2) is 23.3 Å². The van der Waals surface area contributed by atoms with Crippen LogP contribution in [-0.2, 0) is 16.0 Å². The van der Waals surface area contributed by atoms with Crippen LogP contribution in [0.3, 0.4) is 0 Å². The van der Waals surface area contributed by atoms with Crippen LogP contribution in [-0.4, -0.2) is 53.8 Å². The molecule has 23 heavy (non-hydrogen) atoms. The molecule has 6 nitrogen and oxygen atoms in total. The van der Waals surface area contributed by atoms with E-state index in [1.54, 1.807) is 18.9 Å². The van der Waals surface area contributed by atoms with Gasteiger partial charge in [-0.05, 0) is 31.4 Å². The molecule has 1 aliphatic heterocycles. The van der Waals surface area contributed by atoms with Crippen molar-refractivity contribution in [2.24, 2.45) is 4.99 Å². The molecular formula is C16H23N3O3S. The van der Waals surface area contributed by atoms with E-state index in [0.29, 0.717) is 19.8 Å². The average Bonchev–Trinajstić information content (AvgIpc) is 2.96. The van der Waals surface area contributed by atoms with Crippen LogP contribution in [0.5, 0.6) is 0 Å². The number of methoxy groups -OCH3 is 1. The maximum Gasteiger partial charge on any atom is 0.436 e. The van der Waals surface area contributed by atoms with Crippen molar-refractivity contribution in [3.05, 3.63) is 29.6 Å². The lowest BCUT2D eigenvalue weighted by molar-refractivity contribution is 0.144. The molecule has 1 saturated heterocycles. The second-order valence-electron chi connectivity index (χ2n) is 5.29. The zero-order valence-corrected chi connectivity index (χ0v) is 14.5. The van der Waals surface area contributed by atoms with E-state index in [-0.39, 0.29) is 0 Å². The summed E-state index contributed by atoms with van der Waals surface area (Å²) in [6.07, 6.45) is 3.01. The van der Waals surface area contributed by atoms with Crippen LogP contribution in [0.25, 0.3) is 0 Å². The van der Waals surface area contributed by atoms with Crippen molar-refractivity contribution in [2.45, 2.75) is 26.3 Å². The fraction of sp³-hybridized carbons (Fsp3) is 0.562. The molecule has 0 bridgehead atoms. The minimum Gasteiger partial charge on any atom is -0.448 e. The van der Waals surface area contributed by atoms with Gasteiger partial charge in [0.05, 0.1) is 6.61 Å². The standard InChI is InChI=1S/C16H23N3O3S/c1-13-5-6-14(11-17-13)12-19-7-10-23-15(19)18-16(20)22-9-4-3-8-21-2/h5-6,11H,3-4,7-10,12H2,1-2H3/b18-15-. The summed E-state index contributed by atoms with van der Waals surface area (Å²) in [6.45, 7) is 4.61. The summed E-state index contributed by atoms with van der Waals surface area (Å²) in [6, 6.07) is 4.04. The molecule has 2 heterocycles. The van der Waals surface area contributed by atoms with Gasteiger partial charge >= 0.3 is 6.09 Å². The molecule has 0 atom stereocenters. The van der Waals surface area contributed by atoms with Gasteiger partial charge in [-0.2, -0.15) is 4.99 Å². The Bertz CT molecular complexity index is 534. The molecule has 126 valence electrons. The molecule has 1 fully saturated rings. The van der Waals surface area contributed by atoms with E-state index in [1.165, 1.54) is 0 Å². The van der Waals surface area contributed by atoms with Crippen LogP contribution >= 0.6 is 11.8 Å². The van der Waals surface area contributed by atoms with Gasteiger partial charge in [-0.3, -0.25) is 4.98 Å². The summed E-state index contributed by atoms with van der Waals surface area (Å²) >= 11 is 1.58.